The standard InChI is InChI=1S/C19H22N4O2/c24-18(7-6-15-4-2-1-3-5-15)23-10-8-16(9-11-23)12-20-19(25)17-13-21-22-14-17/h1-7,13-14,16H,8-12H2,(H,20,25)(H,21,22). The lowest BCUT2D eigenvalue weighted by molar-refractivity contribution is -0.127. The van der Waals surface area contributed by atoms with Crippen LogP contribution in [-0.4, -0.2) is 46.5 Å². The summed E-state index contributed by atoms with van der Waals surface area (Å²) in [6, 6.07) is 9.80. The van der Waals surface area contributed by atoms with Crippen LogP contribution in [0, 0.1) is 5.92 Å². The van der Waals surface area contributed by atoms with Crippen LogP contribution < -0.4 is 5.32 Å². The maximum Gasteiger partial charge on any atom is 0.254 e. The van der Waals surface area contributed by atoms with E-state index in [0.29, 0.717) is 18.0 Å². The number of benzene rings is 1. The van der Waals surface area contributed by atoms with Crippen molar-refractivity contribution in [3.63, 3.8) is 0 Å². The Morgan fingerprint density at radius 3 is 2.68 bits per heavy atom. The van der Waals surface area contributed by atoms with E-state index < -0.39 is 0 Å². The van der Waals surface area contributed by atoms with Crippen LogP contribution in [0.3, 0.4) is 0 Å². The number of carbonyl (C=O) groups is 2. The molecule has 6 heteroatoms. The van der Waals surface area contributed by atoms with Crippen LogP contribution in [0.4, 0.5) is 0 Å². The number of H-pyrrole nitrogens is 1. The van der Waals surface area contributed by atoms with Crippen LogP contribution in [0.1, 0.15) is 28.8 Å². The molecule has 0 radical (unpaired) electrons. The minimum atomic E-state index is -0.113. The molecular formula is C19H22N4O2. The highest BCUT2D eigenvalue weighted by Gasteiger charge is 2.22. The minimum Gasteiger partial charge on any atom is -0.352 e. The maximum absolute atomic E-state index is 12.3. The molecule has 0 saturated carbocycles. The Morgan fingerprint density at radius 1 is 1.24 bits per heavy atom. The summed E-state index contributed by atoms with van der Waals surface area (Å²) in [5, 5.41) is 9.33. The minimum absolute atomic E-state index is 0.0461. The zero-order valence-corrected chi connectivity index (χ0v) is 14.0. The molecule has 3 rings (SSSR count). The highest BCUT2D eigenvalue weighted by atomic mass is 16.2. The molecular weight excluding hydrogens is 316 g/mol. The van der Waals surface area contributed by atoms with Crippen LogP contribution in [-0.2, 0) is 4.79 Å². The van der Waals surface area contributed by atoms with E-state index >= 15 is 0 Å². The number of piperidine rings is 1. The number of hydrogen-bond acceptors (Lipinski definition) is 3. The Hall–Kier alpha value is -2.89. The molecule has 1 aliphatic heterocycles. The van der Waals surface area contributed by atoms with E-state index in [1.807, 2.05) is 41.3 Å². The number of hydrogen-bond donors (Lipinski definition) is 2. The molecule has 1 aliphatic rings. The molecule has 0 aliphatic carbocycles. The normalized spacial score (nSPS) is 15.4. The smallest absolute Gasteiger partial charge is 0.254 e. The predicted molar refractivity (Wildman–Crippen MR) is 95.7 cm³/mol. The quantitative estimate of drug-likeness (QED) is 0.820. The predicted octanol–water partition coefficient (Wildman–Crippen LogP) is 2.09. The molecule has 0 bridgehead atoms. The molecule has 25 heavy (non-hydrogen) atoms. The number of likely N-dealkylation sites (tertiary alicyclic amines) is 1. The number of aromatic nitrogens is 2. The molecule has 1 fully saturated rings. The van der Waals surface area contributed by atoms with Crippen molar-refractivity contribution >= 4 is 17.9 Å². The Labute approximate surface area is 146 Å². The molecule has 2 N–H and O–H groups in total. The summed E-state index contributed by atoms with van der Waals surface area (Å²) in [5.74, 6) is 0.334. The third-order valence-electron chi connectivity index (χ3n) is 4.46. The molecule has 1 aromatic carbocycles. The molecule has 2 aromatic rings. The van der Waals surface area contributed by atoms with Crippen molar-refractivity contribution in [1.82, 2.24) is 20.4 Å². The van der Waals surface area contributed by atoms with Gasteiger partial charge >= 0.3 is 0 Å². The van der Waals surface area contributed by atoms with Gasteiger partial charge in [0, 0.05) is 31.9 Å². The van der Waals surface area contributed by atoms with E-state index in [1.165, 1.54) is 6.20 Å². The van der Waals surface area contributed by atoms with Crippen molar-refractivity contribution in [2.75, 3.05) is 19.6 Å². The Balaban J connectivity index is 1.41. The van der Waals surface area contributed by atoms with Gasteiger partial charge in [0.1, 0.15) is 0 Å². The summed E-state index contributed by atoms with van der Waals surface area (Å²) in [4.78, 5) is 26.0. The van der Waals surface area contributed by atoms with Gasteiger partial charge in [-0.3, -0.25) is 14.7 Å². The van der Waals surface area contributed by atoms with Crippen LogP contribution in [0.2, 0.25) is 0 Å². The first-order valence-electron chi connectivity index (χ1n) is 8.51. The number of rotatable bonds is 5. The number of nitrogens with zero attached hydrogens (tertiary/aromatic N) is 2. The van der Waals surface area contributed by atoms with Crippen LogP contribution >= 0.6 is 0 Å². The van der Waals surface area contributed by atoms with Gasteiger partial charge < -0.3 is 10.2 Å². The highest BCUT2D eigenvalue weighted by molar-refractivity contribution is 5.93. The second-order valence-electron chi connectivity index (χ2n) is 6.21. The third-order valence-corrected chi connectivity index (χ3v) is 4.46. The van der Waals surface area contributed by atoms with E-state index in [4.69, 9.17) is 0 Å². The van der Waals surface area contributed by atoms with Crippen molar-refractivity contribution in [3.05, 3.63) is 59.9 Å². The first-order chi connectivity index (χ1) is 12.2. The molecule has 130 valence electrons. The van der Waals surface area contributed by atoms with Crippen molar-refractivity contribution in [2.45, 2.75) is 12.8 Å². The summed E-state index contributed by atoms with van der Waals surface area (Å²) in [6.07, 6.45) is 8.37. The number of aromatic amines is 1. The second-order valence-corrected chi connectivity index (χ2v) is 6.21. The third kappa shape index (κ3) is 4.79. The molecule has 2 amide bonds. The summed E-state index contributed by atoms with van der Waals surface area (Å²) < 4.78 is 0. The van der Waals surface area contributed by atoms with E-state index in [0.717, 1.165) is 31.5 Å². The van der Waals surface area contributed by atoms with E-state index in [-0.39, 0.29) is 11.8 Å². The lowest BCUT2D eigenvalue weighted by Gasteiger charge is -2.31. The van der Waals surface area contributed by atoms with Gasteiger partial charge in [0.05, 0.1) is 11.8 Å². The topological polar surface area (TPSA) is 78.1 Å². The van der Waals surface area contributed by atoms with Gasteiger partial charge in [0.2, 0.25) is 5.91 Å². The van der Waals surface area contributed by atoms with Crippen LogP contribution in [0.15, 0.2) is 48.8 Å². The maximum atomic E-state index is 12.3. The fraction of sp³-hybridized carbons (Fsp3) is 0.316. The zero-order valence-electron chi connectivity index (χ0n) is 14.0. The van der Waals surface area contributed by atoms with Crippen molar-refractivity contribution in [2.24, 2.45) is 5.92 Å². The fourth-order valence-corrected chi connectivity index (χ4v) is 2.91. The molecule has 2 heterocycles. The monoisotopic (exact) mass is 338 g/mol. The van der Waals surface area contributed by atoms with Crippen molar-refractivity contribution in [3.8, 4) is 0 Å². The Bertz CT molecular complexity index is 717. The SMILES string of the molecule is O=C(NCC1CCN(C(=O)C=Cc2ccccc2)CC1)c1cn[nH]c1. The first-order valence-corrected chi connectivity index (χ1v) is 8.51. The molecule has 1 saturated heterocycles. The summed E-state index contributed by atoms with van der Waals surface area (Å²) >= 11 is 0. The fourth-order valence-electron chi connectivity index (χ4n) is 2.91. The highest BCUT2D eigenvalue weighted by Crippen LogP contribution is 2.17. The molecule has 0 spiro atoms. The van der Waals surface area contributed by atoms with Gasteiger partial charge in [0.25, 0.3) is 5.91 Å². The number of amides is 2. The van der Waals surface area contributed by atoms with E-state index in [2.05, 4.69) is 15.5 Å². The van der Waals surface area contributed by atoms with Gasteiger partial charge in [-0.1, -0.05) is 30.3 Å². The summed E-state index contributed by atoms with van der Waals surface area (Å²) in [5.41, 5.74) is 1.56. The summed E-state index contributed by atoms with van der Waals surface area (Å²) in [6.45, 7) is 2.08. The van der Waals surface area contributed by atoms with Gasteiger partial charge in [-0.05, 0) is 30.4 Å². The number of nitrogens with one attached hydrogen (secondary N) is 2. The zero-order chi connectivity index (χ0) is 17.5. The van der Waals surface area contributed by atoms with E-state index in [9.17, 15) is 9.59 Å². The average Bonchev–Trinajstić information content (AvgIpc) is 3.20. The van der Waals surface area contributed by atoms with Crippen molar-refractivity contribution < 1.29 is 9.59 Å². The Morgan fingerprint density at radius 2 is 2.00 bits per heavy atom. The van der Waals surface area contributed by atoms with E-state index in [1.54, 1.807) is 12.3 Å². The van der Waals surface area contributed by atoms with Gasteiger partial charge in [-0.15, -0.1) is 0 Å². The first kappa shape index (κ1) is 17.0. The second kappa shape index (κ2) is 8.28. The van der Waals surface area contributed by atoms with Gasteiger partial charge in [-0.25, -0.2) is 0 Å². The number of carbonyl (C=O) groups excluding carboxylic acids is 2. The van der Waals surface area contributed by atoms with Gasteiger partial charge in [0.15, 0.2) is 0 Å². The summed E-state index contributed by atoms with van der Waals surface area (Å²) in [7, 11) is 0. The molecule has 0 unspecified atom stereocenters. The molecule has 1 aromatic heterocycles. The molecule has 6 nitrogen and oxygen atoms in total. The van der Waals surface area contributed by atoms with Crippen LogP contribution in [0.25, 0.3) is 6.08 Å². The lowest BCUT2D eigenvalue weighted by atomic mass is 9.96. The average molecular weight is 338 g/mol. The van der Waals surface area contributed by atoms with Crippen molar-refractivity contribution in [1.29, 1.82) is 0 Å². The lowest BCUT2D eigenvalue weighted by Crippen LogP contribution is -2.40. The van der Waals surface area contributed by atoms with Gasteiger partial charge in [-0.2, -0.15) is 5.10 Å². The Kier molecular flexibility index (Phi) is 5.61. The largest absolute Gasteiger partial charge is 0.352 e. The van der Waals surface area contributed by atoms with Crippen LogP contribution in [0.5, 0.6) is 0 Å². The molecule has 0 atom stereocenters.